The van der Waals surface area contributed by atoms with Crippen molar-refractivity contribution in [1.29, 1.82) is 0 Å². The summed E-state index contributed by atoms with van der Waals surface area (Å²) in [6, 6.07) is 0. The molecule has 1 aromatic rings. The van der Waals surface area contributed by atoms with Crippen LogP contribution in [0.3, 0.4) is 0 Å². The van der Waals surface area contributed by atoms with E-state index in [0.29, 0.717) is 25.3 Å². The molecule has 2 saturated heterocycles. The van der Waals surface area contributed by atoms with Crippen LogP contribution in [0.5, 0.6) is 0 Å². The second kappa shape index (κ2) is 8.97. The van der Waals surface area contributed by atoms with Crippen LogP contribution in [-0.2, 0) is 16.0 Å². The lowest BCUT2D eigenvalue weighted by Gasteiger charge is -2.40. The first kappa shape index (κ1) is 19.3. The smallest absolute Gasteiger partial charge is 0.222 e. The Morgan fingerprint density at radius 2 is 1.96 bits per heavy atom. The zero-order chi connectivity index (χ0) is 18.5. The molecule has 26 heavy (non-hydrogen) atoms. The van der Waals surface area contributed by atoms with Crippen LogP contribution in [0, 0.1) is 25.7 Å². The minimum atomic E-state index is 0.146. The predicted octanol–water partition coefficient (Wildman–Crippen LogP) is 1.01. The number of hydrogen-bond acceptors (Lipinski definition) is 6. The van der Waals surface area contributed by atoms with Crippen molar-refractivity contribution < 1.29 is 19.2 Å². The first-order valence-electron chi connectivity index (χ1n) is 9.67. The van der Waals surface area contributed by atoms with Gasteiger partial charge in [0.05, 0.1) is 18.9 Å². The maximum Gasteiger partial charge on any atom is 0.222 e. The quantitative estimate of drug-likeness (QED) is 0.811. The van der Waals surface area contributed by atoms with Crippen molar-refractivity contribution in [3.63, 3.8) is 0 Å². The van der Waals surface area contributed by atoms with Gasteiger partial charge in [-0.15, -0.1) is 0 Å². The van der Waals surface area contributed by atoms with Gasteiger partial charge in [-0.05, 0) is 38.5 Å². The Bertz CT molecular complexity index is 578. The van der Waals surface area contributed by atoms with Crippen LogP contribution in [0.4, 0.5) is 0 Å². The Kier molecular flexibility index (Phi) is 6.67. The number of aliphatic hydroxyl groups excluding tert-OH is 1. The summed E-state index contributed by atoms with van der Waals surface area (Å²) in [6.45, 7) is 9.87. The molecule has 1 N–H and O–H groups in total. The first-order chi connectivity index (χ1) is 12.6. The lowest BCUT2D eigenvalue weighted by Crippen LogP contribution is -2.49. The largest absolute Gasteiger partial charge is 0.396 e. The Balaban J connectivity index is 1.55. The third-order valence-corrected chi connectivity index (χ3v) is 5.62. The summed E-state index contributed by atoms with van der Waals surface area (Å²) in [5.41, 5.74) is 1.91. The molecule has 146 valence electrons. The van der Waals surface area contributed by atoms with Crippen molar-refractivity contribution in [2.75, 3.05) is 52.5 Å². The molecule has 0 radical (unpaired) electrons. The number of morpholine rings is 1. The lowest BCUT2D eigenvalue weighted by atomic mass is 9.88. The number of hydrogen-bond donors (Lipinski definition) is 1. The Hall–Kier alpha value is -1.44. The van der Waals surface area contributed by atoms with Gasteiger partial charge < -0.3 is 19.3 Å². The molecule has 2 atom stereocenters. The predicted molar refractivity (Wildman–Crippen MR) is 96.8 cm³/mol. The number of rotatable bonds is 6. The number of aliphatic hydroxyl groups is 1. The number of ether oxygens (including phenoxy) is 1. The van der Waals surface area contributed by atoms with Crippen LogP contribution in [0.1, 0.15) is 29.9 Å². The molecule has 2 fully saturated rings. The number of likely N-dealkylation sites (tertiary alicyclic amines) is 1. The number of nitrogens with zero attached hydrogens (tertiary/aromatic N) is 3. The van der Waals surface area contributed by atoms with Crippen molar-refractivity contribution in [3.8, 4) is 0 Å². The second-order valence-corrected chi connectivity index (χ2v) is 7.66. The van der Waals surface area contributed by atoms with Gasteiger partial charge in [-0.25, -0.2) is 0 Å². The van der Waals surface area contributed by atoms with Gasteiger partial charge in [0.2, 0.25) is 5.91 Å². The Morgan fingerprint density at radius 1 is 1.23 bits per heavy atom. The Morgan fingerprint density at radius 3 is 2.62 bits per heavy atom. The molecular weight excluding hydrogens is 334 g/mol. The number of piperidine rings is 1. The second-order valence-electron chi connectivity index (χ2n) is 7.66. The molecule has 2 aliphatic rings. The molecule has 0 spiro atoms. The van der Waals surface area contributed by atoms with E-state index < -0.39 is 0 Å². The van der Waals surface area contributed by atoms with Crippen LogP contribution in [0.15, 0.2) is 4.52 Å². The van der Waals surface area contributed by atoms with Gasteiger partial charge >= 0.3 is 0 Å². The van der Waals surface area contributed by atoms with E-state index in [4.69, 9.17) is 9.26 Å². The number of aromatic nitrogens is 1. The molecule has 7 heteroatoms. The molecule has 0 aromatic carbocycles. The highest BCUT2D eigenvalue weighted by Gasteiger charge is 2.31. The van der Waals surface area contributed by atoms with Crippen molar-refractivity contribution in [2.45, 2.75) is 33.1 Å². The van der Waals surface area contributed by atoms with Gasteiger partial charge in [-0.1, -0.05) is 5.16 Å². The van der Waals surface area contributed by atoms with Gasteiger partial charge in [0.25, 0.3) is 0 Å². The highest BCUT2D eigenvalue weighted by Crippen LogP contribution is 2.24. The van der Waals surface area contributed by atoms with Crippen molar-refractivity contribution in [3.05, 3.63) is 17.0 Å². The van der Waals surface area contributed by atoms with E-state index in [1.165, 1.54) is 0 Å². The van der Waals surface area contributed by atoms with E-state index in [2.05, 4.69) is 10.1 Å². The lowest BCUT2D eigenvalue weighted by molar-refractivity contribution is -0.134. The monoisotopic (exact) mass is 365 g/mol. The maximum atomic E-state index is 12.8. The fourth-order valence-electron chi connectivity index (χ4n) is 4.18. The van der Waals surface area contributed by atoms with E-state index in [9.17, 15) is 9.90 Å². The Labute approximate surface area is 155 Å². The van der Waals surface area contributed by atoms with Gasteiger partial charge in [0, 0.05) is 51.3 Å². The average molecular weight is 365 g/mol. The summed E-state index contributed by atoms with van der Waals surface area (Å²) in [6.07, 6.45) is 2.11. The summed E-state index contributed by atoms with van der Waals surface area (Å²) >= 11 is 0. The molecule has 0 bridgehead atoms. The number of carbonyl (C=O) groups excluding carboxylic acids is 1. The van der Waals surface area contributed by atoms with Crippen molar-refractivity contribution >= 4 is 5.91 Å². The van der Waals surface area contributed by atoms with E-state index in [1.54, 1.807) is 0 Å². The fourth-order valence-corrected chi connectivity index (χ4v) is 4.18. The third-order valence-electron chi connectivity index (χ3n) is 5.62. The SMILES string of the molecule is Cc1noc(C)c1CCC(=O)N1C[C@@H](CN2CCOCC2)C[C@H](CO)C1. The molecule has 0 aliphatic carbocycles. The zero-order valence-electron chi connectivity index (χ0n) is 15.9. The topological polar surface area (TPSA) is 79.0 Å². The third kappa shape index (κ3) is 4.84. The van der Waals surface area contributed by atoms with Gasteiger partial charge in [0.15, 0.2) is 0 Å². The first-order valence-corrected chi connectivity index (χ1v) is 9.67. The summed E-state index contributed by atoms with van der Waals surface area (Å²) in [5.74, 6) is 1.56. The van der Waals surface area contributed by atoms with E-state index in [1.807, 2.05) is 18.7 Å². The summed E-state index contributed by atoms with van der Waals surface area (Å²) in [4.78, 5) is 17.1. The highest BCUT2D eigenvalue weighted by molar-refractivity contribution is 5.76. The van der Waals surface area contributed by atoms with Crippen LogP contribution in [0.25, 0.3) is 0 Å². The van der Waals surface area contributed by atoms with Gasteiger partial charge in [-0.2, -0.15) is 0 Å². The summed E-state index contributed by atoms with van der Waals surface area (Å²) < 4.78 is 10.6. The molecule has 7 nitrogen and oxygen atoms in total. The van der Waals surface area contributed by atoms with Crippen LogP contribution in [0.2, 0.25) is 0 Å². The van der Waals surface area contributed by atoms with Crippen molar-refractivity contribution in [1.82, 2.24) is 15.0 Å². The molecule has 3 rings (SSSR count). The maximum absolute atomic E-state index is 12.8. The van der Waals surface area contributed by atoms with E-state index in [-0.39, 0.29) is 18.4 Å². The highest BCUT2D eigenvalue weighted by atomic mass is 16.5. The average Bonchev–Trinajstić information content (AvgIpc) is 2.98. The number of amides is 1. The molecule has 2 aliphatic heterocycles. The van der Waals surface area contributed by atoms with E-state index >= 15 is 0 Å². The normalized spacial score (nSPS) is 24.8. The molecule has 3 heterocycles. The molecule has 0 saturated carbocycles. The van der Waals surface area contributed by atoms with E-state index in [0.717, 1.165) is 62.8 Å². The zero-order valence-corrected chi connectivity index (χ0v) is 15.9. The summed E-state index contributed by atoms with van der Waals surface area (Å²) in [5, 5.41) is 13.6. The minimum absolute atomic E-state index is 0.146. The molecule has 1 amide bonds. The summed E-state index contributed by atoms with van der Waals surface area (Å²) in [7, 11) is 0. The van der Waals surface area contributed by atoms with Crippen LogP contribution >= 0.6 is 0 Å². The number of aryl methyl sites for hydroxylation is 2. The standard InChI is InChI=1S/C19H31N3O4/c1-14-18(15(2)26-20-14)3-4-19(24)22-11-16(9-17(12-22)13-23)10-21-5-7-25-8-6-21/h16-17,23H,3-13H2,1-2H3/t16-,17+/m1/s1. The van der Waals surface area contributed by atoms with Crippen LogP contribution in [-0.4, -0.2) is 78.5 Å². The fraction of sp³-hybridized carbons (Fsp3) is 0.789. The minimum Gasteiger partial charge on any atom is -0.396 e. The number of carbonyl (C=O) groups is 1. The van der Waals surface area contributed by atoms with Gasteiger partial charge in [0.1, 0.15) is 5.76 Å². The molecule has 1 aromatic heterocycles. The molecular formula is C19H31N3O4. The molecule has 0 unspecified atom stereocenters. The van der Waals surface area contributed by atoms with Gasteiger partial charge in [-0.3, -0.25) is 9.69 Å². The van der Waals surface area contributed by atoms with Crippen LogP contribution < -0.4 is 0 Å². The van der Waals surface area contributed by atoms with Crippen molar-refractivity contribution in [2.24, 2.45) is 11.8 Å².